The molecule has 0 radical (unpaired) electrons. The van der Waals surface area contributed by atoms with Gasteiger partial charge in [-0.05, 0) is 32.7 Å². The summed E-state index contributed by atoms with van der Waals surface area (Å²) in [6.45, 7) is 7.54. The van der Waals surface area contributed by atoms with Crippen LogP contribution in [0.4, 0.5) is 0 Å². The molecule has 3 heteroatoms. The lowest BCUT2D eigenvalue weighted by Gasteiger charge is -2.31. The van der Waals surface area contributed by atoms with Crippen LogP contribution in [-0.4, -0.2) is 34.6 Å². The maximum absolute atomic E-state index is 10.9. The van der Waals surface area contributed by atoms with Gasteiger partial charge in [-0.1, -0.05) is 6.92 Å². The second-order valence-electron chi connectivity index (χ2n) is 4.20. The Hall–Kier alpha value is -0.570. The maximum Gasteiger partial charge on any atom is 0.323 e. The van der Waals surface area contributed by atoms with Crippen molar-refractivity contribution in [3.8, 4) is 0 Å². The standard InChI is InChI=1S/C9H17NO2/c1-7-4-5-10(6-7)9(2,3)8(11)12/h7H,4-6H2,1-3H3,(H,11,12). The lowest BCUT2D eigenvalue weighted by molar-refractivity contribution is -0.148. The predicted molar refractivity (Wildman–Crippen MR) is 47.1 cm³/mol. The number of rotatable bonds is 2. The molecule has 1 unspecified atom stereocenters. The van der Waals surface area contributed by atoms with Gasteiger partial charge in [-0.15, -0.1) is 0 Å². The molecule has 0 aromatic heterocycles. The van der Waals surface area contributed by atoms with Crippen LogP contribution in [0.5, 0.6) is 0 Å². The van der Waals surface area contributed by atoms with Crippen molar-refractivity contribution in [2.24, 2.45) is 5.92 Å². The fraction of sp³-hybridized carbons (Fsp3) is 0.889. The van der Waals surface area contributed by atoms with Crippen LogP contribution in [-0.2, 0) is 4.79 Å². The van der Waals surface area contributed by atoms with Gasteiger partial charge in [-0.25, -0.2) is 0 Å². The van der Waals surface area contributed by atoms with E-state index in [1.807, 2.05) is 4.90 Å². The van der Waals surface area contributed by atoms with Gasteiger partial charge in [0.05, 0.1) is 0 Å². The number of carboxylic acids is 1. The summed E-state index contributed by atoms with van der Waals surface area (Å²) in [6, 6.07) is 0. The highest BCUT2D eigenvalue weighted by Crippen LogP contribution is 2.24. The molecule has 70 valence electrons. The smallest absolute Gasteiger partial charge is 0.323 e. The Morgan fingerprint density at radius 3 is 2.50 bits per heavy atom. The van der Waals surface area contributed by atoms with Crippen LogP contribution in [0.15, 0.2) is 0 Å². The Kier molecular flexibility index (Phi) is 2.42. The van der Waals surface area contributed by atoms with Crippen LogP contribution in [0, 0.1) is 5.92 Å². The minimum atomic E-state index is -0.725. The summed E-state index contributed by atoms with van der Waals surface area (Å²) >= 11 is 0. The van der Waals surface area contributed by atoms with Crippen molar-refractivity contribution in [1.82, 2.24) is 4.90 Å². The van der Waals surface area contributed by atoms with Crippen LogP contribution in [0.3, 0.4) is 0 Å². The van der Waals surface area contributed by atoms with Crippen molar-refractivity contribution in [3.05, 3.63) is 0 Å². The number of hydrogen-bond acceptors (Lipinski definition) is 2. The molecular weight excluding hydrogens is 154 g/mol. The van der Waals surface area contributed by atoms with E-state index in [0.717, 1.165) is 19.5 Å². The monoisotopic (exact) mass is 171 g/mol. The van der Waals surface area contributed by atoms with Crippen molar-refractivity contribution < 1.29 is 9.90 Å². The first-order valence-electron chi connectivity index (χ1n) is 4.43. The average molecular weight is 171 g/mol. The van der Waals surface area contributed by atoms with E-state index in [2.05, 4.69) is 6.92 Å². The van der Waals surface area contributed by atoms with Crippen molar-refractivity contribution in [3.63, 3.8) is 0 Å². The summed E-state index contributed by atoms with van der Waals surface area (Å²) in [5.41, 5.74) is -0.690. The highest BCUT2D eigenvalue weighted by Gasteiger charge is 2.37. The molecule has 1 rings (SSSR count). The number of carboxylic acid groups (broad SMARTS) is 1. The van der Waals surface area contributed by atoms with E-state index >= 15 is 0 Å². The molecule has 1 heterocycles. The number of hydrogen-bond donors (Lipinski definition) is 1. The van der Waals surface area contributed by atoms with E-state index < -0.39 is 11.5 Å². The predicted octanol–water partition coefficient (Wildman–Crippen LogP) is 1.19. The summed E-state index contributed by atoms with van der Waals surface area (Å²) in [6.07, 6.45) is 1.12. The van der Waals surface area contributed by atoms with E-state index in [0.29, 0.717) is 5.92 Å². The van der Waals surface area contributed by atoms with Gasteiger partial charge in [-0.3, -0.25) is 9.69 Å². The van der Waals surface area contributed by atoms with Crippen LogP contribution >= 0.6 is 0 Å². The van der Waals surface area contributed by atoms with Crippen LogP contribution in [0.1, 0.15) is 27.2 Å². The van der Waals surface area contributed by atoms with Crippen LogP contribution in [0.2, 0.25) is 0 Å². The molecule has 1 fully saturated rings. The third-order valence-electron chi connectivity index (χ3n) is 2.74. The SMILES string of the molecule is CC1CCN(C(C)(C)C(=O)O)C1. The van der Waals surface area contributed by atoms with Gasteiger partial charge in [0.1, 0.15) is 5.54 Å². The summed E-state index contributed by atoms with van der Waals surface area (Å²) in [7, 11) is 0. The zero-order chi connectivity index (χ0) is 9.35. The molecule has 0 aromatic rings. The Labute approximate surface area is 73.4 Å². The zero-order valence-corrected chi connectivity index (χ0v) is 8.00. The van der Waals surface area contributed by atoms with Gasteiger partial charge in [0, 0.05) is 6.54 Å². The molecule has 0 spiro atoms. The molecule has 1 aliphatic rings. The zero-order valence-electron chi connectivity index (χ0n) is 8.00. The highest BCUT2D eigenvalue weighted by molar-refractivity contribution is 5.77. The molecule has 0 amide bonds. The molecule has 0 aromatic carbocycles. The summed E-state index contributed by atoms with van der Waals surface area (Å²) in [5, 5.41) is 8.95. The van der Waals surface area contributed by atoms with E-state index in [4.69, 9.17) is 5.11 Å². The topological polar surface area (TPSA) is 40.5 Å². The molecule has 1 atom stereocenters. The van der Waals surface area contributed by atoms with Gasteiger partial charge in [-0.2, -0.15) is 0 Å². The largest absolute Gasteiger partial charge is 0.480 e. The molecule has 1 aliphatic heterocycles. The highest BCUT2D eigenvalue weighted by atomic mass is 16.4. The lowest BCUT2D eigenvalue weighted by Crippen LogP contribution is -2.48. The van der Waals surface area contributed by atoms with E-state index in [9.17, 15) is 4.79 Å². The first kappa shape index (κ1) is 9.52. The number of aliphatic carboxylic acids is 1. The van der Waals surface area contributed by atoms with Gasteiger partial charge >= 0.3 is 5.97 Å². The van der Waals surface area contributed by atoms with Crippen molar-refractivity contribution >= 4 is 5.97 Å². The minimum absolute atomic E-state index is 0.642. The van der Waals surface area contributed by atoms with Crippen molar-refractivity contribution in [1.29, 1.82) is 0 Å². The van der Waals surface area contributed by atoms with Crippen molar-refractivity contribution in [2.75, 3.05) is 13.1 Å². The molecule has 1 saturated heterocycles. The summed E-state index contributed by atoms with van der Waals surface area (Å²) in [5.74, 6) is -0.0831. The summed E-state index contributed by atoms with van der Waals surface area (Å²) in [4.78, 5) is 12.9. The Morgan fingerprint density at radius 1 is 1.58 bits per heavy atom. The fourth-order valence-electron chi connectivity index (χ4n) is 1.58. The second-order valence-corrected chi connectivity index (χ2v) is 4.20. The second kappa shape index (κ2) is 3.05. The first-order chi connectivity index (χ1) is 5.44. The Balaban J connectivity index is 2.63. The van der Waals surface area contributed by atoms with Gasteiger partial charge in [0.25, 0.3) is 0 Å². The van der Waals surface area contributed by atoms with Crippen LogP contribution < -0.4 is 0 Å². The third kappa shape index (κ3) is 1.61. The van der Waals surface area contributed by atoms with Gasteiger partial charge < -0.3 is 5.11 Å². The number of nitrogens with zero attached hydrogens (tertiary/aromatic N) is 1. The van der Waals surface area contributed by atoms with Gasteiger partial charge in [0.2, 0.25) is 0 Å². The molecule has 0 saturated carbocycles. The number of carbonyl (C=O) groups is 1. The van der Waals surface area contributed by atoms with E-state index in [1.54, 1.807) is 13.8 Å². The van der Waals surface area contributed by atoms with Gasteiger partial charge in [0.15, 0.2) is 0 Å². The van der Waals surface area contributed by atoms with Crippen LogP contribution in [0.25, 0.3) is 0 Å². The fourth-order valence-corrected chi connectivity index (χ4v) is 1.58. The lowest BCUT2D eigenvalue weighted by atomic mass is 10.0. The number of likely N-dealkylation sites (tertiary alicyclic amines) is 1. The third-order valence-corrected chi connectivity index (χ3v) is 2.74. The molecular formula is C9H17NO2. The molecule has 3 nitrogen and oxygen atoms in total. The quantitative estimate of drug-likeness (QED) is 0.678. The first-order valence-corrected chi connectivity index (χ1v) is 4.43. The normalized spacial score (nSPS) is 26.1. The Morgan fingerprint density at radius 2 is 2.17 bits per heavy atom. The molecule has 0 bridgehead atoms. The molecule has 0 aliphatic carbocycles. The average Bonchev–Trinajstić information content (AvgIpc) is 2.35. The minimum Gasteiger partial charge on any atom is -0.480 e. The van der Waals surface area contributed by atoms with E-state index in [1.165, 1.54) is 0 Å². The maximum atomic E-state index is 10.9. The van der Waals surface area contributed by atoms with E-state index in [-0.39, 0.29) is 0 Å². The van der Waals surface area contributed by atoms with Crippen molar-refractivity contribution in [2.45, 2.75) is 32.7 Å². The summed E-state index contributed by atoms with van der Waals surface area (Å²) < 4.78 is 0. The Bertz CT molecular complexity index is 189. The molecule has 12 heavy (non-hydrogen) atoms. The molecule has 1 N–H and O–H groups in total.